The summed E-state index contributed by atoms with van der Waals surface area (Å²) in [7, 11) is 5.32. The summed E-state index contributed by atoms with van der Waals surface area (Å²) in [5.41, 5.74) is 2.09. The molecule has 1 aliphatic heterocycles. The lowest BCUT2D eigenvalue weighted by molar-refractivity contribution is -0.124. The van der Waals surface area contributed by atoms with Crippen molar-refractivity contribution < 1.29 is 18.7 Å². The largest absolute Gasteiger partial charge is 0.383 e. The molecule has 1 aliphatic rings. The Morgan fingerprint density at radius 1 is 1.43 bits per heavy atom. The van der Waals surface area contributed by atoms with Crippen LogP contribution in [0.15, 0.2) is 30.5 Å². The van der Waals surface area contributed by atoms with Crippen molar-refractivity contribution in [3.8, 4) is 11.1 Å². The van der Waals surface area contributed by atoms with Gasteiger partial charge in [0.25, 0.3) is 0 Å². The Morgan fingerprint density at radius 3 is 3.00 bits per heavy atom. The van der Waals surface area contributed by atoms with Crippen LogP contribution < -0.4 is 10.2 Å². The van der Waals surface area contributed by atoms with Gasteiger partial charge < -0.3 is 19.7 Å². The van der Waals surface area contributed by atoms with Gasteiger partial charge in [0.05, 0.1) is 25.5 Å². The highest BCUT2D eigenvalue weighted by atomic mass is 19.1. The number of anilines is 1. The molecule has 0 saturated carbocycles. The van der Waals surface area contributed by atoms with Gasteiger partial charge in [-0.25, -0.2) is 14.4 Å². The van der Waals surface area contributed by atoms with Gasteiger partial charge in [-0.05, 0) is 17.7 Å². The lowest BCUT2D eigenvalue weighted by atomic mass is 10.0. The third kappa shape index (κ3) is 5.71. The third-order valence-corrected chi connectivity index (χ3v) is 4.79. The topological polar surface area (TPSA) is 79.8 Å². The molecule has 3 rings (SSSR count). The van der Waals surface area contributed by atoms with Crippen LogP contribution in [0.2, 0.25) is 0 Å². The van der Waals surface area contributed by atoms with Crippen LogP contribution in [-0.2, 0) is 14.3 Å². The van der Waals surface area contributed by atoms with E-state index in [0.29, 0.717) is 50.1 Å². The molecule has 1 aromatic heterocycles. The van der Waals surface area contributed by atoms with Gasteiger partial charge >= 0.3 is 0 Å². The minimum Gasteiger partial charge on any atom is -0.383 e. The molecular formula is C21H28FN5O3. The summed E-state index contributed by atoms with van der Waals surface area (Å²) in [4.78, 5) is 25.1. The fraction of sp³-hybridized carbons (Fsp3) is 0.476. The zero-order chi connectivity index (χ0) is 21.5. The number of morpholine rings is 1. The number of nitrogens with zero attached hydrogens (tertiary/aromatic N) is 4. The average molecular weight is 417 g/mol. The Kier molecular flexibility index (Phi) is 7.67. The van der Waals surface area contributed by atoms with Crippen molar-refractivity contribution in [2.24, 2.45) is 0 Å². The first-order chi connectivity index (χ1) is 14.5. The lowest BCUT2D eigenvalue weighted by Crippen LogP contribution is -2.45. The molecule has 2 aromatic rings. The lowest BCUT2D eigenvalue weighted by Gasteiger charge is -2.33. The monoisotopic (exact) mass is 417 g/mol. The molecule has 1 saturated heterocycles. The number of ether oxygens (including phenoxy) is 2. The summed E-state index contributed by atoms with van der Waals surface area (Å²) in [5.74, 6) is 0.159. The molecule has 0 radical (unpaired) electrons. The predicted molar refractivity (Wildman–Crippen MR) is 112 cm³/mol. The first kappa shape index (κ1) is 22.1. The van der Waals surface area contributed by atoms with Gasteiger partial charge in [-0.1, -0.05) is 12.1 Å². The zero-order valence-electron chi connectivity index (χ0n) is 17.6. The van der Waals surface area contributed by atoms with Crippen LogP contribution in [0.4, 0.5) is 10.3 Å². The van der Waals surface area contributed by atoms with E-state index in [-0.39, 0.29) is 24.4 Å². The third-order valence-electron chi connectivity index (χ3n) is 4.79. The Morgan fingerprint density at radius 2 is 2.27 bits per heavy atom. The molecule has 1 atom stereocenters. The molecule has 9 heteroatoms. The van der Waals surface area contributed by atoms with Gasteiger partial charge in [0, 0.05) is 52.6 Å². The maximum absolute atomic E-state index is 13.8. The van der Waals surface area contributed by atoms with Crippen LogP contribution in [0.3, 0.4) is 0 Å². The minimum absolute atomic E-state index is 0.0604. The van der Waals surface area contributed by atoms with E-state index in [1.54, 1.807) is 19.4 Å². The smallest absolute Gasteiger partial charge is 0.234 e. The van der Waals surface area contributed by atoms with Crippen molar-refractivity contribution in [2.75, 3.05) is 65.5 Å². The molecule has 2 heterocycles. The summed E-state index contributed by atoms with van der Waals surface area (Å²) in [6, 6.07) is 6.35. The number of amides is 1. The second-order valence-electron chi connectivity index (χ2n) is 7.31. The fourth-order valence-corrected chi connectivity index (χ4v) is 3.29. The Bertz CT molecular complexity index is 864. The molecule has 30 heavy (non-hydrogen) atoms. The van der Waals surface area contributed by atoms with Crippen LogP contribution in [0.25, 0.3) is 11.1 Å². The maximum atomic E-state index is 13.8. The van der Waals surface area contributed by atoms with Crippen molar-refractivity contribution in [1.82, 2.24) is 20.2 Å². The molecule has 0 spiro atoms. The number of halogens is 1. The second-order valence-corrected chi connectivity index (χ2v) is 7.31. The summed E-state index contributed by atoms with van der Waals surface area (Å²) in [6.07, 6.45) is 1.34. The first-order valence-electron chi connectivity index (χ1n) is 9.87. The highest BCUT2D eigenvalue weighted by Gasteiger charge is 2.28. The Hall–Kier alpha value is -2.62. The normalized spacial score (nSPS) is 17.0. The van der Waals surface area contributed by atoms with Crippen LogP contribution in [-0.4, -0.2) is 81.4 Å². The molecule has 1 fully saturated rings. The first-order valence-corrected chi connectivity index (χ1v) is 9.87. The number of carbonyl (C=O) groups is 1. The number of hydrogen-bond donors (Lipinski definition) is 1. The molecule has 8 nitrogen and oxygen atoms in total. The summed E-state index contributed by atoms with van der Waals surface area (Å²) >= 11 is 0. The van der Waals surface area contributed by atoms with E-state index in [4.69, 9.17) is 14.5 Å². The fourth-order valence-electron chi connectivity index (χ4n) is 3.29. The number of nitrogens with one attached hydrogen (secondary N) is 1. The highest BCUT2D eigenvalue weighted by Crippen LogP contribution is 2.31. The number of aromatic nitrogens is 2. The molecule has 1 N–H and O–H groups in total. The van der Waals surface area contributed by atoms with E-state index in [1.807, 2.05) is 30.0 Å². The maximum Gasteiger partial charge on any atom is 0.234 e. The van der Waals surface area contributed by atoms with Gasteiger partial charge in [0.2, 0.25) is 11.9 Å². The van der Waals surface area contributed by atoms with Gasteiger partial charge in [0.15, 0.2) is 0 Å². The van der Waals surface area contributed by atoms with Crippen molar-refractivity contribution in [2.45, 2.75) is 6.10 Å². The summed E-state index contributed by atoms with van der Waals surface area (Å²) in [5, 5.41) is 2.83. The Labute approximate surface area is 176 Å². The molecule has 0 unspecified atom stereocenters. The van der Waals surface area contributed by atoms with E-state index in [1.165, 1.54) is 12.1 Å². The standard InChI is InChI=1S/C21H28FN5O3/c1-26(2)21-24-12-17(15-5-4-6-16(22)11-15)20(25-21)18-13-27(8-10-30-18)14-19(28)23-7-9-29-3/h4-6,11-12,18H,7-10,13-14H2,1-3H3,(H,23,28)/t18-/m0/s1. The minimum atomic E-state index is -0.356. The number of carbonyl (C=O) groups excluding carboxylic acids is 1. The molecule has 0 bridgehead atoms. The van der Waals surface area contributed by atoms with Crippen LogP contribution >= 0.6 is 0 Å². The van der Waals surface area contributed by atoms with E-state index in [2.05, 4.69) is 10.3 Å². The SMILES string of the molecule is COCCNC(=O)CN1CCO[C@H](c2nc(N(C)C)ncc2-c2cccc(F)c2)C1. The molecule has 162 valence electrons. The van der Waals surface area contributed by atoms with E-state index >= 15 is 0 Å². The van der Waals surface area contributed by atoms with Gasteiger partial charge in [-0.15, -0.1) is 0 Å². The molecule has 1 aromatic carbocycles. The van der Waals surface area contributed by atoms with E-state index < -0.39 is 0 Å². The molecular weight excluding hydrogens is 389 g/mol. The summed E-state index contributed by atoms with van der Waals surface area (Å²) in [6.45, 7) is 2.84. The zero-order valence-corrected chi connectivity index (χ0v) is 17.6. The number of rotatable bonds is 8. The predicted octanol–water partition coefficient (Wildman–Crippen LogP) is 1.48. The van der Waals surface area contributed by atoms with Crippen LogP contribution in [0.1, 0.15) is 11.8 Å². The van der Waals surface area contributed by atoms with Crippen molar-refractivity contribution in [1.29, 1.82) is 0 Å². The van der Waals surface area contributed by atoms with Gasteiger partial charge in [0.1, 0.15) is 11.9 Å². The highest BCUT2D eigenvalue weighted by molar-refractivity contribution is 5.78. The summed E-state index contributed by atoms with van der Waals surface area (Å²) < 4.78 is 24.8. The second kappa shape index (κ2) is 10.4. The number of hydrogen-bond acceptors (Lipinski definition) is 7. The number of benzene rings is 1. The van der Waals surface area contributed by atoms with E-state index in [0.717, 1.165) is 5.56 Å². The van der Waals surface area contributed by atoms with Crippen LogP contribution in [0.5, 0.6) is 0 Å². The Balaban J connectivity index is 1.82. The van der Waals surface area contributed by atoms with E-state index in [9.17, 15) is 9.18 Å². The number of methoxy groups -OCH3 is 1. The van der Waals surface area contributed by atoms with Crippen LogP contribution in [0, 0.1) is 5.82 Å². The van der Waals surface area contributed by atoms with Gasteiger partial charge in [-0.2, -0.15) is 0 Å². The molecule has 1 amide bonds. The van der Waals surface area contributed by atoms with Gasteiger partial charge in [-0.3, -0.25) is 9.69 Å². The van der Waals surface area contributed by atoms with Crippen molar-refractivity contribution in [3.63, 3.8) is 0 Å². The molecule has 0 aliphatic carbocycles. The van der Waals surface area contributed by atoms with Crippen molar-refractivity contribution in [3.05, 3.63) is 42.0 Å². The quantitative estimate of drug-likeness (QED) is 0.652. The average Bonchev–Trinajstić information content (AvgIpc) is 2.73. The van der Waals surface area contributed by atoms with Crippen molar-refractivity contribution >= 4 is 11.9 Å².